The molecule has 6 heteroatoms. The van der Waals surface area contributed by atoms with E-state index in [0.717, 1.165) is 43.2 Å². The van der Waals surface area contributed by atoms with Crippen molar-refractivity contribution in [3.63, 3.8) is 0 Å². The highest BCUT2D eigenvalue weighted by molar-refractivity contribution is 7.89. The summed E-state index contributed by atoms with van der Waals surface area (Å²) >= 11 is 0. The molecule has 5 nitrogen and oxygen atoms in total. The first-order valence-corrected chi connectivity index (χ1v) is 12.1. The second kappa shape index (κ2) is 6.95. The van der Waals surface area contributed by atoms with Crippen molar-refractivity contribution < 1.29 is 13.5 Å². The lowest BCUT2D eigenvalue weighted by atomic mass is 9.54. The van der Waals surface area contributed by atoms with Crippen LogP contribution in [-0.4, -0.2) is 24.8 Å². The summed E-state index contributed by atoms with van der Waals surface area (Å²) in [6.45, 7) is 8.58. The number of aliphatic hydroxyl groups is 1. The van der Waals surface area contributed by atoms with Crippen LogP contribution in [0.5, 0.6) is 0 Å². The number of allylic oxidation sites excluding steroid dienone is 1. The molecule has 0 aromatic heterocycles. The van der Waals surface area contributed by atoms with E-state index in [4.69, 9.17) is 0 Å². The minimum absolute atomic E-state index is 0.120. The van der Waals surface area contributed by atoms with E-state index in [1.165, 1.54) is 5.57 Å². The fourth-order valence-corrected chi connectivity index (χ4v) is 6.99. The van der Waals surface area contributed by atoms with E-state index >= 15 is 0 Å². The molecule has 1 saturated carbocycles. The molecule has 3 aliphatic rings. The number of fused-ring (bicyclic) bond motifs is 3. The van der Waals surface area contributed by atoms with Crippen LogP contribution in [0.2, 0.25) is 0 Å². The first-order chi connectivity index (χ1) is 13.5. The lowest BCUT2D eigenvalue weighted by molar-refractivity contribution is -0.0449. The van der Waals surface area contributed by atoms with Crippen molar-refractivity contribution in [2.45, 2.75) is 76.7 Å². The van der Waals surface area contributed by atoms with Gasteiger partial charge in [-0.25, -0.2) is 0 Å². The Morgan fingerprint density at radius 2 is 1.79 bits per heavy atom. The summed E-state index contributed by atoms with van der Waals surface area (Å²) in [5, 5.41) is 16.0. The highest BCUT2D eigenvalue weighted by Crippen LogP contribution is 2.57. The third-order valence-corrected chi connectivity index (χ3v) is 7.99. The Morgan fingerprint density at radius 1 is 1.10 bits per heavy atom. The molecule has 0 spiro atoms. The molecule has 4 rings (SSSR count). The second-order valence-corrected chi connectivity index (χ2v) is 11.8. The maximum Gasteiger partial charge on any atom is 0.276 e. The lowest BCUT2D eigenvalue weighted by Gasteiger charge is -2.54. The van der Waals surface area contributed by atoms with Gasteiger partial charge >= 0.3 is 0 Å². The number of hydrogen-bond donors (Lipinski definition) is 2. The van der Waals surface area contributed by atoms with Gasteiger partial charge in [-0.05, 0) is 74.8 Å². The Labute approximate surface area is 174 Å². The fraction of sp³-hybridized carbons (Fsp3) is 0.609. The van der Waals surface area contributed by atoms with Crippen LogP contribution in [0, 0.1) is 24.2 Å². The van der Waals surface area contributed by atoms with Gasteiger partial charge in [-0.15, -0.1) is 0 Å². The van der Waals surface area contributed by atoms with Gasteiger partial charge < -0.3 is 5.11 Å². The summed E-state index contributed by atoms with van der Waals surface area (Å²) in [7, 11) is -3.74. The third kappa shape index (κ3) is 3.89. The van der Waals surface area contributed by atoms with Gasteiger partial charge in [-0.1, -0.05) is 44.0 Å². The molecule has 4 atom stereocenters. The monoisotopic (exact) mass is 416 g/mol. The fourth-order valence-electron chi connectivity index (χ4n) is 6.16. The molecule has 0 amide bonds. The van der Waals surface area contributed by atoms with Gasteiger partial charge in [-0.2, -0.15) is 18.4 Å². The predicted octanol–water partition coefficient (Wildman–Crippen LogP) is 4.32. The SMILES string of the molecule is Cc1ccc(S(=O)(=O)NN=C2CC(C)CC3=C2C2(O)CC(C)CC(C)(C3)C2)cc1. The smallest absolute Gasteiger partial charge is 0.276 e. The number of hydrazone groups is 1. The molecule has 3 aliphatic carbocycles. The summed E-state index contributed by atoms with van der Waals surface area (Å²) in [5.41, 5.74) is 3.15. The van der Waals surface area contributed by atoms with Crippen LogP contribution in [0.15, 0.2) is 45.4 Å². The van der Waals surface area contributed by atoms with E-state index in [1.807, 2.05) is 6.92 Å². The van der Waals surface area contributed by atoms with Crippen molar-refractivity contribution in [1.82, 2.24) is 4.83 Å². The van der Waals surface area contributed by atoms with Crippen LogP contribution in [0.25, 0.3) is 0 Å². The minimum Gasteiger partial charge on any atom is -0.385 e. The van der Waals surface area contributed by atoms with Crippen LogP contribution in [0.3, 0.4) is 0 Å². The standard InChI is InChI=1S/C23H32N2O3S/c1-15-5-7-19(8-6-15)29(27,28)25-24-20-10-16(2)9-18-13-22(4)11-17(3)12-23(26,14-22)21(18)20/h5-8,16-17,25-26H,9-14H2,1-4H3. The zero-order chi connectivity index (χ0) is 21.0. The summed E-state index contributed by atoms with van der Waals surface area (Å²) in [6, 6.07) is 6.74. The first-order valence-electron chi connectivity index (χ1n) is 10.6. The van der Waals surface area contributed by atoms with Gasteiger partial charge in [0.1, 0.15) is 0 Å². The summed E-state index contributed by atoms with van der Waals surface area (Å²) in [6.07, 6.45) is 5.21. The second-order valence-electron chi connectivity index (χ2n) is 10.2. The van der Waals surface area contributed by atoms with Crippen molar-refractivity contribution in [3.05, 3.63) is 41.0 Å². The molecule has 2 N–H and O–H groups in total. The van der Waals surface area contributed by atoms with Crippen molar-refractivity contribution in [3.8, 4) is 0 Å². The molecule has 4 unspecified atom stereocenters. The van der Waals surface area contributed by atoms with E-state index in [9.17, 15) is 13.5 Å². The minimum atomic E-state index is -3.74. The Bertz CT molecular complexity index is 980. The molecular weight excluding hydrogens is 384 g/mol. The van der Waals surface area contributed by atoms with Gasteiger partial charge in [0.05, 0.1) is 16.2 Å². The Kier molecular flexibility index (Phi) is 4.94. The van der Waals surface area contributed by atoms with E-state index in [2.05, 4.69) is 30.7 Å². The Hall–Kier alpha value is -1.66. The molecular formula is C23H32N2O3S. The topological polar surface area (TPSA) is 78.8 Å². The summed E-state index contributed by atoms with van der Waals surface area (Å²) in [4.78, 5) is 2.65. The third-order valence-electron chi connectivity index (χ3n) is 6.76. The van der Waals surface area contributed by atoms with Gasteiger partial charge in [0.15, 0.2) is 0 Å². The quantitative estimate of drug-likeness (QED) is 0.721. The van der Waals surface area contributed by atoms with Gasteiger partial charge in [-0.3, -0.25) is 0 Å². The Morgan fingerprint density at radius 3 is 2.48 bits per heavy atom. The maximum absolute atomic E-state index is 12.7. The molecule has 158 valence electrons. The molecule has 0 heterocycles. The van der Waals surface area contributed by atoms with E-state index in [1.54, 1.807) is 24.3 Å². The first kappa shape index (κ1) is 20.6. The maximum atomic E-state index is 12.7. The molecule has 2 bridgehead atoms. The van der Waals surface area contributed by atoms with Gasteiger partial charge in [0.2, 0.25) is 0 Å². The summed E-state index contributed by atoms with van der Waals surface area (Å²) < 4.78 is 25.5. The number of benzene rings is 1. The normalized spacial score (nSPS) is 36.1. The predicted molar refractivity (Wildman–Crippen MR) is 115 cm³/mol. The highest BCUT2D eigenvalue weighted by Gasteiger charge is 2.52. The average Bonchev–Trinajstić information content (AvgIpc) is 2.57. The Balaban J connectivity index is 1.70. The number of hydrogen-bond acceptors (Lipinski definition) is 4. The number of aryl methyl sites for hydroxylation is 1. The van der Waals surface area contributed by atoms with E-state index in [-0.39, 0.29) is 10.3 Å². The average molecular weight is 417 g/mol. The number of nitrogens with zero attached hydrogens (tertiary/aromatic N) is 1. The molecule has 1 fully saturated rings. The number of rotatable bonds is 3. The number of nitrogens with one attached hydrogen (secondary N) is 1. The molecule has 0 aliphatic heterocycles. The van der Waals surface area contributed by atoms with E-state index in [0.29, 0.717) is 24.0 Å². The highest BCUT2D eigenvalue weighted by atomic mass is 32.2. The van der Waals surface area contributed by atoms with Crippen LogP contribution >= 0.6 is 0 Å². The van der Waals surface area contributed by atoms with Crippen molar-refractivity contribution in [1.29, 1.82) is 0 Å². The molecule has 29 heavy (non-hydrogen) atoms. The van der Waals surface area contributed by atoms with Crippen molar-refractivity contribution in [2.75, 3.05) is 0 Å². The van der Waals surface area contributed by atoms with Crippen LogP contribution in [0.1, 0.15) is 64.9 Å². The largest absolute Gasteiger partial charge is 0.385 e. The lowest BCUT2D eigenvalue weighted by Crippen LogP contribution is -2.51. The van der Waals surface area contributed by atoms with Crippen LogP contribution in [0.4, 0.5) is 0 Å². The van der Waals surface area contributed by atoms with E-state index < -0.39 is 15.6 Å². The van der Waals surface area contributed by atoms with Crippen molar-refractivity contribution in [2.24, 2.45) is 22.4 Å². The van der Waals surface area contributed by atoms with Crippen molar-refractivity contribution >= 4 is 15.7 Å². The number of sulfonamides is 1. The van der Waals surface area contributed by atoms with Gasteiger partial charge in [0, 0.05) is 5.57 Å². The molecule has 0 saturated heterocycles. The molecule has 0 radical (unpaired) electrons. The molecule has 1 aromatic carbocycles. The summed E-state index contributed by atoms with van der Waals surface area (Å²) in [5.74, 6) is 0.831. The van der Waals surface area contributed by atoms with Crippen LogP contribution in [-0.2, 0) is 10.0 Å². The molecule has 1 aromatic rings. The van der Waals surface area contributed by atoms with Crippen LogP contribution < -0.4 is 4.83 Å². The zero-order valence-corrected chi connectivity index (χ0v) is 18.6. The van der Waals surface area contributed by atoms with Gasteiger partial charge in [0.25, 0.3) is 10.0 Å². The zero-order valence-electron chi connectivity index (χ0n) is 17.8.